The van der Waals surface area contributed by atoms with Crippen LogP contribution in [0.15, 0.2) is 36.7 Å². The van der Waals surface area contributed by atoms with Gasteiger partial charge in [-0.25, -0.2) is 4.98 Å². The van der Waals surface area contributed by atoms with Gasteiger partial charge in [0.05, 0.1) is 18.4 Å². The van der Waals surface area contributed by atoms with Crippen molar-refractivity contribution in [3.8, 4) is 0 Å². The maximum atomic E-state index is 12.1. The number of likely N-dealkylation sites (N-methyl/N-ethyl adjacent to an activating group) is 1. The van der Waals surface area contributed by atoms with Crippen LogP contribution >= 0.6 is 0 Å². The zero-order valence-electron chi connectivity index (χ0n) is 24.7. The van der Waals surface area contributed by atoms with Crippen molar-refractivity contribution in [3.63, 3.8) is 0 Å². The Morgan fingerprint density at radius 2 is 1.88 bits per heavy atom. The molecule has 2 aromatic heterocycles. The van der Waals surface area contributed by atoms with Crippen LogP contribution in [0.5, 0.6) is 0 Å². The first-order valence-electron chi connectivity index (χ1n) is 15.1. The number of carbonyl (C=O) groups excluding carboxylic acids is 1. The van der Waals surface area contributed by atoms with Crippen LogP contribution in [0.25, 0.3) is 11.2 Å². The number of aromatic nitrogens is 4. The van der Waals surface area contributed by atoms with Gasteiger partial charge in [-0.05, 0) is 38.9 Å². The third-order valence-electron chi connectivity index (χ3n) is 9.12. The van der Waals surface area contributed by atoms with Gasteiger partial charge in [-0.1, -0.05) is 37.3 Å². The second-order valence-electron chi connectivity index (χ2n) is 12.2. The van der Waals surface area contributed by atoms with Crippen LogP contribution in [0.2, 0.25) is 0 Å². The quantitative estimate of drug-likeness (QED) is 0.294. The molecule has 1 aliphatic carbocycles. The Balaban J connectivity index is 1.28. The molecule has 1 aromatic carbocycles. The van der Waals surface area contributed by atoms with Gasteiger partial charge in [0.15, 0.2) is 17.0 Å². The summed E-state index contributed by atoms with van der Waals surface area (Å²) in [5.74, 6) is 1.18. The van der Waals surface area contributed by atoms with Crippen LogP contribution in [0, 0.1) is 0 Å². The minimum Gasteiger partial charge on any atom is -0.388 e. The topological polar surface area (TPSA) is 135 Å². The van der Waals surface area contributed by atoms with Crippen molar-refractivity contribution < 1.29 is 15.0 Å². The molecule has 4 N–H and O–H groups in total. The normalized spacial score (nSPS) is 28.3. The van der Waals surface area contributed by atoms with Gasteiger partial charge in [0.1, 0.15) is 12.2 Å². The van der Waals surface area contributed by atoms with Crippen molar-refractivity contribution >= 4 is 28.8 Å². The molecule has 0 unspecified atom stereocenters. The number of rotatable bonds is 9. The number of imidazole rings is 1. The Morgan fingerprint density at radius 1 is 1.07 bits per heavy atom. The first kappa shape index (κ1) is 28.8. The molecule has 3 fully saturated rings. The number of benzene rings is 1. The van der Waals surface area contributed by atoms with E-state index in [1.165, 1.54) is 5.56 Å². The molecular weight excluding hydrogens is 534 g/mol. The molecule has 226 valence electrons. The van der Waals surface area contributed by atoms with E-state index < -0.39 is 24.3 Å². The molecule has 3 aromatic rings. The largest absolute Gasteiger partial charge is 0.388 e. The van der Waals surface area contributed by atoms with Crippen LogP contribution in [-0.4, -0.2) is 116 Å². The number of hydrogen-bond donors (Lipinski definition) is 4. The smallest absolute Gasteiger partial charge is 0.229 e. The summed E-state index contributed by atoms with van der Waals surface area (Å²) in [7, 11) is 4.20. The molecule has 6 rings (SSSR count). The maximum absolute atomic E-state index is 12.1. The van der Waals surface area contributed by atoms with E-state index in [-0.39, 0.29) is 11.9 Å². The molecule has 6 atom stereocenters. The highest BCUT2D eigenvalue weighted by molar-refractivity contribution is 5.85. The van der Waals surface area contributed by atoms with E-state index in [0.717, 1.165) is 45.6 Å². The Labute approximate surface area is 246 Å². The number of anilines is 2. The first-order chi connectivity index (χ1) is 20.3. The lowest BCUT2D eigenvalue weighted by Crippen LogP contribution is -2.42. The number of aliphatic hydroxyl groups excluding tert-OH is 2. The fourth-order valence-corrected chi connectivity index (χ4v) is 6.60. The molecule has 12 heteroatoms. The van der Waals surface area contributed by atoms with Gasteiger partial charge >= 0.3 is 0 Å². The summed E-state index contributed by atoms with van der Waals surface area (Å²) in [6.45, 7) is 6.26. The molecular formula is C30H43N9O3. The van der Waals surface area contributed by atoms with Gasteiger partial charge in [0.2, 0.25) is 11.9 Å². The minimum absolute atomic E-state index is 0.152. The lowest BCUT2D eigenvalue weighted by molar-refractivity contribution is -0.122. The van der Waals surface area contributed by atoms with Gasteiger partial charge in [-0.15, -0.1) is 0 Å². The van der Waals surface area contributed by atoms with E-state index in [2.05, 4.69) is 63.7 Å². The Hall–Kier alpha value is -3.32. The first-order valence-corrected chi connectivity index (χ1v) is 15.1. The van der Waals surface area contributed by atoms with Gasteiger partial charge < -0.3 is 35.2 Å². The molecule has 0 spiro atoms. The van der Waals surface area contributed by atoms with Crippen molar-refractivity contribution in [2.75, 3.05) is 50.5 Å². The molecule has 4 heterocycles. The number of fused-ring (bicyclic) bond motifs is 1. The van der Waals surface area contributed by atoms with Gasteiger partial charge in [-0.2, -0.15) is 9.97 Å². The average Bonchev–Trinajstić information content (AvgIpc) is 3.78. The summed E-state index contributed by atoms with van der Waals surface area (Å²) in [6.07, 6.45) is 2.26. The molecule has 1 amide bonds. The molecule has 2 saturated heterocycles. The highest BCUT2D eigenvalue weighted by Crippen LogP contribution is 2.35. The fourth-order valence-electron chi connectivity index (χ4n) is 6.60. The average molecular weight is 578 g/mol. The van der Waals surface area contributed by atoms with Gasteiger partial charge in [0, 0.05) is 51.2 Å². The zero-order valence-corrected chi connectivity index (χ0v) is 24.7. The molecule has 1 saturated carbocycles. The maximum Gasteiger partial charge on any atom is 0.229 e. The fraction of sp³-hybridized carbons (Fsp3) is 0.600. The number of aliphatic hydroxyl groups is 2. The number of nitrogens with zero attached hydrogens (tertiary/aromatic N) is 7. The molecule has 0 radical (unpaired) electrons. The standard InChI is InChI=1S/C30H43N9O3/c1-4-24(40)33-22-14-23(27(42)26(22)41)39-18-31-25-28(32-20-10-12-37(16-20)15-19-8-6-5-7-9-19)34-30(35-29(25)39)38-13-11-21(17-38)36(2)3/h5-9,18,20-23,26-27,41-42H,4,10-17H2,1-3H3,(H,33,40)(H,32,34,35)/t20-,21-,22+,23-,26-,27+/m1/s1. The van der Waals surface area contributed by atoms with E-state index in [1.807, 2.05) is 10.6 Å². The Bertz CT molecular complexity index is 1380. The van der Waals surface area contributed by atoms with E-state index in [9.17, 15) is 15.0 Å². The van der Waals surface area contributed by atoms with Crippen molar-refractivity contribution in [2.24, 2.45) is 0 Å². The lowest BCUT2D eigenvalue weighted by atomic mass is 10.2. The van der Waals surface area contributed by atoms with Crippen molar-refractivity contribution in [1.82, 2.24) is 34.6 Å². The Morgan fingerprint density at radius 3 is 2.62 bits per heavy atom. The summed E-state index contributed by atoms with van der Waals surface area (Å²) >= 11 is 0. The number of hydrogen-bond acceptors (Lipinski definition) is 10. The van der Waals surface area contributed by atoms with Crippen molar-refractivity contribution in [1.29, 1.82) is 0 Å². The van der Waals surface area contributed by atoms with Crippen LogP contribution in [0.1, 0.15) is 44.2 Å². The summed E-state index contributed by atoms with van der Waals surface area (Å²) in [6, 6.07) is 10.1. The van der Waals surface area contributed by atoms with Gasteiger partial charge in [0.25, 0.3) is 0 Å². The summed E-state index contributed by atoms with van der Waals surface area (Å²) < 4.78 is 1.85. The van der Waals surface area contributed by atoms with Crippen LogP contribution < -0.4 is 15.5 Å². The molecule has 12 nitrogen and oxygen atoms in total. The van der Waals surface area contributed by atoms with E-state index in [0.29, 0.717) is 41.8 Å². The third-order valence-corrected chi connectivity index (χ3v) is 9.12. The highest BCUT2D eigenvalue weighted by Gasteiger charge is 2.44. The number of nitrogens with one attached hydrogen (secondary N) is 2. The molecule has 0 bridgehead atoms. The summed E-state index contributed by atoms with van der Waals surface area (Å²) in [5.41, 5.74) is 2.57. The molecule has 42 heavy (non-hydrogen) atoms. The summed E-state index contributed by atoms with van der Waals surface area (Å²) in [4.78, 5) is 33.7. The van der Waals surface area contributed by atoms with Crippen molar-refractivity contribution in [3.05, 3.63) is 42.2 Å². The Kier molecular flexibility index (Phi) is 8.30. The third kappa shape index (κ3) is 5.81. The molecule has 3 aliphatic rings. The summed E-state index contributed by atoms with van der Waals surface area (Å²) in [5, 5.41) is 28.4. The number of amides is 1. The second kappa shape index (κ2) is 12.1. The second-order valence-corrected chi connectivity index (χ2v) is 12.2. The lowest BCUT2D eigenvalue weighted by Gasteiger charge is -2.22. The van der Waals surface area contributed by atoms with Crippen LogP contribution in [0.3, 0.4) is 0 Å². The predicted octanol–water partition coefficient (Wildman–Crippen LogP) is 1.21. The predicted molar refractivity (Wildman–Crippen MR) is 161 cm³/mol. The van der Waals surface area contributed by atoms with E-state index in [4.69, 9.17) is 15.0 Å². The van der Waals surface area contributed by atoms with Crippen molar-refractivity contribution in [2.45, 2.75) is 75.5 Å². The van der Waals surface area contributed by atoms with E-state index in [1.54, 1.807) is 13.3 Å². The van der Waals surface area contributed by atoms with Crippen LogP contribution in [-0.2, 0) is 11.3 Å². The zero-order chi connectivity index (χ0) is 29.4. The highest BCUT2D eigenvalue weighted by atomic mass is 16.3. The number of carbonyl (C=O) groups is 1. The van der Waals surface area contributed by atoms with Gasteiger partial charge in [-0.3, -0.25) is 9.69 Å². The van der Waals surface area contributed by atoms with E-state index >= 15 is 0 Å². The minimum atomic E-state index is -1.07. The molecule has 2 aliphatic heterocycles. The SMILES string of the molecule is CCC(=O)N[C@H]1C[C@@H](n2cnc3c(N[C@@H]4CCN(Cc5ccccc5)C4)nc(N4CC[C@@H](N(C)C)C4)nc32)[C@H](O)[C@@H]1O. The van der Waals surface area contributed by atoms with Crippen LogP contribution in [0.4, 0.5) is 11.8 Å². The monoisotopic (exact) mass is 577 g/mol. The number of likely N-dealkylation sites (tertiary alicyclic amines) is 1.